The van der Waals surface area contributed by atoms with Gasteiger partial charge in [0.1, 0.15) is 18.2 Å². The number of halogens is 2. The Kier molecular flexibility index (Phi) is 8.13. The van der Waals surface area contributed by atoms with E-state index in [0.29, 0.717) is 16.9 Å². The van der Waals surface area contributed by atoms with Gasteiger partial charge in [-0.2, -0.15) is 0 Å². The maximum absolute atomic E-state index is 15.6. The Bertz CT molecular complexity index is 1380. The first-order valence-electron chi connectivity index (χ1n) is 13.8. The molecular weight excluding hydrogens is 514 g/mol. The SMILES string of the molecule is COC(=O)C[C@H](c1cccc(OCc2ccc(-c3cc(OC)ccc3F)c([C@@H](OC)C3(C)CC3)c2)c1F)C1CC1. The van der Waals surface area contributed by atoms with Crippen molar-refractivity contribution in [3.8, 4) is 22.6 Å². The molecule has 0 aromatic heterocycles. The second-order valence-electron chi connectivity index (χ2n) is 11.2. The summed E-state index contributed by atoms with van der Waals surface area (Å²) in [4.78, 5) is 12.0. The van der Waals surface area contributed by atoms with Gasteiger partial charge in [-0.15, -0.1) is 0 Å². The van der Waals surface area contributed by atoms with E-state index in [2.05, 4.69) is 6.92 Å². The second kappa shape index (κ2) is 11.6. The smallest absolute Gasteiger partial charge is 0.306 e. The first kappa shape index (κ1) is 28.1. The summed E-state index contributed by atoms with van der Waals surface area (Å²) in [6.07, 6.45) is 3.86. The van der Waals surface area contributed by atoms with E-state index in [1.54, 1.807) is 44.6 Å². The van der Waals surface area contributed by atoms with E-state index < -0.39 is 5.82 Å². The molecule has 2 fully saturated rings. The van der Waals surface area contributed by atoms with Crippen molar-refractivity contribution in [3.63, 3.8) is 0 Å². The van der Waals surface area contributed by atoms with E-state index >= 15 is 8.78 Å². The van der Waals surface area contributed by atoms with Crippen LogP contribution in [0.1, 0.15) is 67.7 Å². The number of carbonyl (C=O) groups is 1. The molecular formula is C33H36F2O5. The molecule has 7 heteroatoms. The standard InChI is InChI=1S/C33H36F2O5/c1-33(14-15-33)32(39-4)27-16-20(8-12-23(27)26-17-22(37-2)11-13-28(26)34)19-40-29-7-5-6-24(31(29)35)25(21-9-10-21)18-30(36)38-3/h5-8,11-13,16-17,21,25,32H,9-10,14-15,18-19H2,1-4H3/t25-,32+/m0/s1. The van der Waals surface area contributed by atoms with Gasteiger partial charge in [-0.1, -0.05) is 31.2 Å². The van der Waals surface area contributed by atoms with Crippen LogP contribution in [-0.4, -0.2) is 27.3 Å². The summed E-state index contributed by atoms with van der Waals surface area (Å²) in [6, 6.07) is 15.5. The third kappa shape index (κ3) is 5.85. The van der Waals surface area contributed by atoms with Crippen molar-refractivity contribution >= 4 is 5.97 Å². The van der Waals surface area contributed by atoms with Crippen LogP contribution in [0.25, 0.3) is 11.1 Å². The average Bonchev–Trinajstić information content (AvgIpc) is 3.90. The first-order chi connectivity index (χ1) is 19.3. The highest BCUT2D eigenvalue weighted by atomic mass is 19.1. The summed E-state index contributed by atoms with van der Waals surface area (Å²) >= 11 is 0. The van der Waals surface area contributed by atoms with Crippen molar-refractivity contribution in [2.24, 2.45) is 11.3 Å². The lowest BCUT2D eigenvalue weighted by Gasteiger charge is -2.26. The van der Waals surface area contributed by atoms with E-state index in [0.717, 1.165) is 42.4 Å². The summed E-state index contributed by atoms with van der Waals surface area (Å²) in [5.74, 6) is -0.410. The molecule has 0 saturated heterocycles. The Morgan fingerprint density at radius 1 is 0.975 bits per heavy atom. The van der Waals surface area contributed by atoms with E-state index in [1.165, 1.54) is 13.2 Å². The van der Waals surface area contributed by atoms with Crippen LogP contribution in [0.2, 0.25) is 0 Å². The maximum atomic E-state index is 15.6. The zero-order valence-corrected chi connectivity index (χ0v) is 23.5. The van der Waals surface area contributed by atoms with Crippen LogP contribution in [0.5, 0.6) is 11.5 Å². The predicted octanol–water partition coefficient (Wildman–Crippen LogP) is 7.76. The summed E-state index contributed by atoms with van der Waals surface area (Å²) in [5, 5.41) is 0. The Hall–Kier alpha value is -3.45. The lowest BCUT2D eigenvalue weighted by atomic mass is 9.87. The van der Waals surface area contributed by atoms with Gasteiger partial charge in [-0.25, -0.2) is 8.78 Å². The van der Waals surface area contributed by atoms with Crippen LogP contribution in [0.4, 0.5) is 8.78 Å². The fraction of sp³-hybridized carbons (Fsp3) is 0.424. The monoisotopic (exact) mass is 550 g/mol. The van der Waals surface area contributed by atoms with Gasteiger partial charge in [0.25, 0.3) is 0 Å². The highest BCUT2D eigenvalue weighted by Crippen LogP contribution is 2.57. The number of rotatable bonds is 12. The van der Waals surface area contributed by atoms with Crippen molar-refractivity contribution in [1.82, 2.24) is 0 Å². The Balaban J connectivity index is 1.45. The molecule has 2 aliphatic carbocycles. The molecule has 0 unspecified atom stereocenters. The molecule has 0 heterocycles. The third-order valence-electron chi connectivity index (χ3n) is 8.36. The predicted molar refractivity (Wildman–Crippen MR) is 148 cm³/mol. The van der Waals surface area contributed by atoms with Crippen LogP contribution < -0.4 is 9.47 Å². The fourth-order valence-electron chi connectivity index (χ4n) is 5.63. The van der Waals surface area contributed by atoms with Gasteiger partial charge in [0.2, 0.25) is 0 Å². The Morgan fingerprint density at radius 3 is 2.40 bits per heavy atom. The molecule has 0 amide bonds. The number of esters is 1. The molecule has 0 bridgehead atoms. The number of methoxy groups -OCH3 is 3. The van der Waals surface area contributed by atoms with Gasteiger partial charge in [0.05, 0.1) is 26.7 Å². The van der Waals surface area contributed by atoms with Crippen LogP contribution in [0.3, 0.4) is 0 Å². The molecule has 2 saturated carbocycles. The molecule has 0 spiro atoms. The Morgan fingerprint density at radius 2 is 1.75 bits per heavy atom. The minimum absolute atomic E-state index is 0.0454. The van der Waals surface area contributed by atoms with E-state index in [4.69, 9.17) is 18.9 Å². The quantitative estimate of drug-likeness (QED) is 0.216. The minimum Gasteiger partial charge on any atom is -0.497 e. The number of hydrogen-bond donors (Lipinski definition) is 0. The highest BCUT2D eigenvalue weighted by Gasteiger charge is 2.47. The molecule has 3 aromatic rings. The molecule has 0 N–H and O–H groups in total. The molecule has 5 nitrogen and oxygen atoms in total. The third-order valence-corrected chi connectivity index (χ3v) is 8.36. The normalized spacial score (nSPS) is 17.1. The molecule has 212 valence electrons. The molecule has 5 rings (SSSR count). The maximum Gasteiger partial charge on any atom is 0.306 e. The van der Waals surface area contributed by atoms with E-state index in [1.807, 2.05) is 18.2 Å². The number of ether oxygens (including phenoxy) is 4. The fourth-order valence-corrected chi connectivity index (χ4v) is 5.63. The zero-order chi connectivity index (χ0) is 28.4. The Labute approximate surface area is 234 Å². The molecule has 3 aromatic carbocycles. The van der Waals surface area contributed by atoms with Gasteiger partial charge in [0.15, 0.2) is 11.6 Å². The summed E-state index contributed by atoms with van der Waals surface area (Å²) in [7, 11) is 4.58. The summed E-state index contributed by atoms with van der Waals surface area (Å²) < 4.78 is 52.9. The summed E-state index contributed by atoms with van der Waals surface area (Å²) in [6.45, 7) is 2.29. The van der Waals surface area contributed by atoms with Crippen LogP contribution in [-0.2, 0) is 20.9 Å². The lowest BCUT2D eigenvalue weighted by Crippen LogP contribution is -2.15. The van der Waals surface area contributed by atoms with Crippen molar-refractivity contribution in [2.75, 3.05) is 21.3 Å². The molecule has 0 radical (unpaired) electrons. The first-order valence-corrected chi connectivity index (χ1v) is 13.8. The van der Waals surface area contributed by atoms with Gasteiger partial charge < -0.3 is 18.9 Å². The van der Waals surface area contributed by atoms with Gasteiger partial charge in [-0.3, -0.25) is 4.79 Å². The average molecular weight is 551 g/mol. The van der Waals surface area contributed by atoms with Gasteiger partial charge in [0, 0.05) is 18.6 Å². The van der Waals surface area contributed by atoms with E-state index in [-0.39, 0.29) is 53.9 Å². The van der Waals surface area contributed by atoms with Crippen LogP contribution in [0.15, 0.2) is 54.6 Å². The lowest BCUT2D eigenvalue weighted by molar-refractivity contribution is -0.141. The topological polar surface area (TPSA) is 54.0 Å². The van der Waals surface area contributed by atoms with Crippen molar-refractivity contribution in [3.05, 3.63) is 82.9 Å². The van der Waals surface area contributed by atoms with Crippen molar-refractivity contribution in [1.29, 1.82) is 0 Å². The van der Waals surface area contributed by atoms with Crippen molar-refractivity contribution < 1.29 is 32.5 Å². The minimum atomic E-state index is -0.446. The molecule has 2 aliphatic rings. The van der Waals surface area contributed by atoms with Crippen LogP contribution >= 0.6 is 0 Å². The largest absolute Gasteiger partial charge is 0.497 e. The summed E-state index contributed by atoms with van der Waals surface area (Å²) in [5.41, 5.74) is 3.27. The number of benzene rings is 3. The van der Waals surface area contributed by atoms with E-state index in [9.17, 15) is 4.79 Å². The number of carbonyl (C=O) groups excluding carboxylic acids is 1. The number of hydrogen-bond acceptors (Lipinski definition) is 5. The van der Waals surface area contributed by atoms with Crippen molar-refractivity contribution in [2.45, 2.75) is 57.7 Å². The van der Waals surface area contributed by atoms with Crippen LogP contribution in [0, 0.1) is 23.0 Å². The molecule has 2 atom stereocenters. The highest BCUT2D eigenvalue weighted by molar-refractivity contribution is 5.71. The van der Waals surface area contributed by atoms with Gasteiger partial charge in [-0.05, 0) is 89.6 Å². The van der Waals surface area contributed by atoms with Gasteiger partial charge >= 0.3 is 5.97 Å². The molecule has 40 heavy (non-hydrogen) atoms. The molecule has 0 aliphatic heterocycles. The second-order valence-corrected chi connectivity index (χ2v) is 11.2. The zero-order valence-electron chi connectivity index (χ0n) is 23.5.